The number of carbonyl (C=O) groups excluding carboxylic acids is 2. The van der Waals surface area contributed by atoms with Crippen molar-refractivity contribution in [3.8, 4) is 5.75 Å². The second-order valence-corrected chi connectivity index (χ2v) is 5.78. The zero-order chi connectivity index (χ0) is 17.8. The lowest BCUT2D eigenvalue weighted by Crippen LogP contribution is -2.29. The minimum absolute atomic E-state index is 0.0281. The van der Waals surface area contributed by atoms with E-state index in [4.69, 9.17) is 9.47 Å². The SMILES string of the molecule is CCCOc1ccc(NC(=O)CC(C)CC(=O)NCCOC)cc1. The zero-order valence-electron chi connectivity index (χ0n) is 14.8. The fraction of sp³-hybridized carbons (Fsp3) is 0.556. The normalized spacial score (nSPS) is 11.6. The molecule has 6 nitrogen and oxygen atoms in total. The van der Waals surface area contributed by atoms with Crippen LogP contribution in [0, 0.1) is 5.92 Å². The molecule has 0 aliphatic carbocycles. The van der Waals surface area contributed by atoms with E-state index >= 15 is 0 Å². The minimum Gasteiger partial charge on any atom is -0.494 e. The van der Waals surface area contributed by atoms with Crippen LogP contribution in [0.5, 0.6) is 5.75 Å². The number of hydrogen-bond acceptors (Lipinski definition) is 4. The summed E-state index contributed by atoms with van der Waals surface area (Å²) in [6, 6.07) is 7.28. The standard InChI is InChI=1S/C18H28N2O4/c1-4-10-24-16-7-5-15(6-8-16)20-18(22)13-14(2)12-17(21)19-9-11-23-3/h5-8,14H,4,9-13H2,1-3H3,(H,19,21)(H,20,22). The lowest BCUT2D eigenvalue weighted by molar-refractivity contribution is -0.122. The van der Waals surface area contributed by atoms with Crippen molar-refractivity contribution >= 4 is 17.5 Å². The van der Waals surface area contributed by atoms with Crippen LogP contribution < -0.4 is 15.4 Å². The predicted molar refractivity (Wildman–Crippen MR) is 94.1 cm³/mol. The second-order valence-electron chi connectivity index (χ2n) is 5.78. The molecule has 0 radical (unpaired) electrons. The topological polar surface area (TPSA) is 76.7 Å². The molecule has 0 heterocycles. The number of nitrogens with one attached hydrogen (secondary N) is 2. The molecule has 24 heavy (non-hydrogen) atoms. The maximum absolute atomic E-state index is 12.0. The lowest BCUT2D eigenvalue weighted by Gasteiger charge is -2.12. The molecule has 0 fully saturated rings. The fourth-order valence-electron chi connectivity index (χ4n) is 2.14. The fourth-order valence-corrected chi connectivity index (χ4v) is 2.14. The van der Waals surface area contributed by atoms with Gasteiger partial charge in [0.05, 0.1) is 13.2 Å². The predicted octanol–water partition coefficient (Wildman–Crippen LogP) is 2.59. The molecule has 1 rings (SSSR count). The molecule has 0 saturated heterocycles. The Bertz CT molecular complexity index is 502. The molecule has 134 valence electrons. The molecule has 1 atom stereocenters. The number of hydrogen-bond donors (Lipinski definition) is 2. The van der Waals surface area contributed by atoms with E-state index in [1.165, 1.54) is 0 Å². The van der Waals surface area contributed by atoms with Crippen molar-refractivity contribution in [2.75, 3.05) is 32.2 Å². The molecule has 2 N–H and O–H groups in total. The Morgan fingerprint density at radius 1 is 1.08 bits per heavy atom. The van der Waals surface area contributed by atoms with Crippen LogP contribution in [0.1, 0.15) is 33.1 Å². The van der Waals surface area contributed by atoms with E-state index in [1.807, 2.05) is 38.1 Å². The summed E-state index contributed by atoms with van der Waals surface area (Å²) in [5.74, 6) is 0.592. The molecule has 0 aromatic heterocycles. The highest BCUT2D eigenvalue weighted by Gasteiger charge is 2.13. The number of carbonyl (C=O) groups is 2. The van der Waals surface area contributed by atoms with Gasteiger partial charge in [-0.05, 0) is 36.6 Å². The van der Waals surface area contributed by atoms with Gasteiger partial charge in [0.1, 0.15) is 5.75 Å². The second kappa shape index (κ2) is 11.5. The van der Waals surface area contributed by atoms with Crippen LogP contribution in [0.3, 0.4) is 0 Å². The first kappa shape index (κ1) is 20.0. The van der Waals surface area contributed by atoms with Crippen molar-refractivity contribution in [3.05, 3.63) is 24.3 Å². The molecule has 1 aromatic carbocycles. The Hall–Kier alpha value is -2.08. The summed E-state index contributed by atoms with van der Waals surface area (Å²) in [7, 11) is 1.58. The quantitative estimate of drug-likeness (QED) is 0.609. The largest absolute Gasteiger partial charge is 0.494 e. The molecule has 0 aliphatic rings. The number of rotatable bonds is 11. The Labute approximate surface area is 143 Å². The van der Waals surface area contributed by atoms with Crippen LogP contribution in [0.4, 0.5) is 5.69 Å². The van der Waals surface area contributed by atoms with Gasteiger partial charge in [0.2, 0.25) is 11.8 Å². The minimum atomic E-state index is -0.102. The number of amides is 2. The van der Waals surface area contributed by atoms with E-state index in [0.29, 0.717) is 32.6 Å². The zero-order valence-corrected chi connectivity index (χ0v) is 14.8. The third kappa shape index (κ3) is 8.53. The smallest absolute Gasteiger partial charge is 0.224 e. The van der Waals surface area contributed by atoms with Crippen LogP contribution in [0.25, 0.3) is 0 Å². The highest BCUT2D eigenvalue weighted by atomic mass is 16.5. The van der Waals surface area contributed by atoms with Gasteiger partial charge in [-0.3, -0.25) is 9.59 Å². The molecule has 0 aliphatic heterocycles. The summed E-state index contributed by atoms with van der Waals surface area (Å²) < 4.78 is 10.4. The average molecular weight is 336 g/mol. The highest BCUT2D eigenvalue weighted by Crippen LogP contribution is 2.17. The van der Waals surface area contributed by atoms with Crippen LogP contribution >= 0.6 is 0 Å². The van der Waals surface area contributed by atoms with Gasteiger partial charge in [-0.1, -0.05) is 13.8 Å². The van der Waals surface area contributed by atoms with Gasteiger partial charge in [0.15, 0.2) is 0 Å². The van der Waals surface area contributed by atoms with Gasteiger partial charge in [-0.2, -0.15) is 0 Å². The summed E-state index contributed by atoms with van der Waals surface area (Å²) in [5.41, 5.74) is 0.723. The first-order valence-electron chi connectivity index (χ1n) is 8.33. The van der Waals surface area contributed by atoms with Crippen molar-refractivity contribution in [1.82, 2.24) is 5.32 Å². The number of anilines is 1. The Morgan fingerprint density at radius 3 is 2.38 bits per heavy atom. The van der Waals surface area contributed by atoms with Crippen LogP contribution in [0.15, 0.2) is 24.3 Å². The van der Waals surface area contributed by atoms with Gasteiger partial charge in [0.25, 0.3) is 0 Å². The Kier molecular flexibility index (Phi) is 9.53. The van der Waals surface area contributed by atoms with Gasteiger partial charge in [-0.15, -0.1) is 0 Å². The summed E-state index contributed by atoms with van der Waals surface area (Å²) in [4.78, 5) is 23.7. The molecule has 1 unspecified atom stereocenters. The Morgan fingerprint density at radius 2 is 1.75 bits per heavy atom. The van der Waals surface area contributed by atoms with Gasteiger partial charge in [-0.25, -0.2) is 0 Å². The molecule has 6 heteroatoms. The summed E-state index contributed by atoms with van der Waals surface area (Å²) in [6.07, 6.45) is 1.57. The van der Waals surface area contributed by atoms with Gasteiger partial charge >= 0.3 is 0 Å². The lowest BCUT2D eigenvalue weighted by atomic mass is 10.0. The summed E-state index contributed by atoms with van der Waals surface area (Å²) in [6.45, 7) is 5.58. The van der Waals surface area contributed by atoms with Crippen molar-refractivity contribution in [1.29, 1.82) is 0 Å². The third-order valence-corrected chi connectivity index (χ3v) is 3.31. The third-order valence-electron chi connectivity index (χ3n) is 3.31. The molecule has 0 spiro atoms. The summed E-state index contributed by atoms with van der Waals surface area (Å²) >= 11 is 0. The molecular weight excluding hydrogens is 308 g/mol. The van der Waals surface area contributed by atoms with Crippen LogP contribution in [-0.4, -0.2) is 38.7 Å². The van der Waals surface area contributed by atoms with Crippen molar-refractivity contribution in [2.24, 2.45) is 5.92 Å². The number of methoxy groups -OCH3 is 1. The van der Waals surface area contributed by atoms with Crippen LogP contribution in [-0.2, 0) is 14.3 Å². The molecule has 0 saturated carbocycles. The average Bonchev–Trinajstić information content (AvgIpc) is 2.54. The monoisotopic (exact) mass is 336 g/mol. The van der Waals surface area contributed by atoms with E-state index in [1.54, 1.807) is 7.11 Å². The van der Waals surface area contributed by atoms with E-state index in [0.717, 1.165) is 17.9 Å². The maximum Gasteiger partial charge on any atom is 0.224 e. The maximum atomic E-state index is 12.0. The number of benzene rings is 1. The van der Waals surface area contributed by atoms with Crippen LogP contribution in [0.2, 0.25) is 0 Å². The first-order chi connectivity index (χ1) is 11.5. The van der Waals surface area contributed by atoms with Crippen molar-refractivity contribution in [2.45, 2.75) is 33.1 Å². The van der Waals surface area contributed by atoms with E-state index in [2.05, 4.69) is 10.6 Å². The number of ether oxygens (including phenoxy) is 2. The molecule has 1 aromatic rings. The molecular formula is C18H28N2O4. The van der Waals surface area contributed by atoms with Crippen molar-refractivity contribution in [3.63, 3.8) is 0 Å². The highest BCUT2D eigenvalue weighted by molar-refractivity contribution is 5.91. The van der Waals surface area contributed by atoms with Gasteiger partial charge in [0, 0.05) is 32.2 Å². The Balaban J connectivity index is 2.32. The van der Waals surface area contributed by atoms with Crippen molar-refractivity contribution < 1.29 is 19.1 Å². The van der Waals surface area contributed by atoms with E-state index in [9.17, 15) is 9.59 Å². The van der Waals surface area contributed by atoms with E-state index in [-0.39, 0.29) is 17.7 Å². The summed E-state index contributed by atoms with van der Waals surface area (Å²) in [5, 5.41) is 5.59. The molecule has 2 amide bonds. The molecule has 0 bridgehead atoms. The first-order valence-corrected chi connectivity index (χ1v) is 8.33. The van der Waals surface area contributed by atoms with E-state index < -0.39 is 0 Å². The van der Waals surface area contributed by atoms with Gasteiger partial charge < -0.3 is 20.1 Å².